The summed E-state index contributed by atoms with van der Waals surface area (Å²) in [5.74, 6) is -0.0514. The molecule has 1 amide bonds. The molecular formula is C22H21NO5S2. The molecule has 1 saturated heterocycles. The van der Waals surface area contributed by atoms with Gasteiger partial charge in [0.25, 0.3) is 5.91 Å². The first-order chi connectivity index (χ1) is 14.5. The summed E-state index contributed by atoms with van der Waals surface area (Å²) in [6.45, 7) is 2.85. The smallest absolute Gasteiger partial charge is 0.305 e. The molecule has 3 rings (SSSR count). The highest BCUT2D eigenvalue weighted by molar-refractivity contribution is 8.26. The standard InChI is InChI=1S/C22H21NO5S2/c1-2-27-18-12-16(8-9-17(18)28-14-15-6-4-3-5-7-15)13-19-21(26)23(22(29)30-19)11-10-20(24)25/h3-9,12-13H,2,10-11,14H2,1H3,(H,24,25)/b19-13+. The van der Waals surface area contributed by atoms with Crippen LogP contribution < -0.4 is 9.47 Å². The SMILES string of the molecule is CCOc1cc(/C=C2/SC(=S)N(CCC(=O)O)C2=O)ccc1OCc1ccccc1. The van der Waals surface area contributed by atoms with E-state index in [-0.39, 0.29) is 18.9 Å². The van der Waals surface area contributed by atoms with E-state index in [9.17, 15) is 9.59 Å². The molecule has 0 bridgehead atoms. The van der Waals surface area contributed by atoms with Crippen LogP contribution >= 0.6 is 24.0 Å². The number of amides is 1. The molecule has 0 atom stereocenters. The first kappa shape index (κ1) is 21.9. The number of carbonyl (C=O) groups is 2. The van der Waals surface area contributed by atoms with Crippen molar-refractivity contribution in [3.63, 3.8) is 0 Å². The third-order valence-corrected chi connectivity index (χ3v) is 5.60. The molecule has 0 spiro atoms. The van der Waals surface area contributed by atoms with Gasteiger partial charge in [0.05, 0.1) is 17.9 Å². The minimum Gasteiger partial charge on any atom is -0.490 e. The molecule has 8 heteroatoms. The zero-order chi connectivity index (χ0) is 21.5. The number of carboxylic acid groups (broad SMARTS) is 1. The minimum atomic E-state index is -0.972. The summed E-state index contributed by atoms with van der Waals surface area (Å²) in [4.78, 5) is 25.1. The van der Waals surface area contributed by atoms with E-state index in [4.69, 9.17) is 26.8 Å². The number of nitrogens with zero attached hydrogens (tertiary/aromatic N) is 1. The van der Waals surface area contributed by atoms with Crippen LogP contribution in [-0.2, 0) is 16.2 Å². The third-order valence-electron chi connectivity index (χ3n) is 4.23. The van der Waals surface area contributed by atoms with Crippen molar-refractivity contribution < 1.29 is 24.2 Å². The number of hydrogen-bond donors (Lipinski definition) is 1. The number of hydrogen-bond acceptors (Lipinski definition) is 6. The van der Waals surface area contributed by atoms with Crippen molar-refractivity contribution in [3.05, 3.63) is 64.6 Å². The second-order valence-electron chi connectivity index (χ2n) is 6.39. The van der Waals surface area contributed by atoms with Crippen LogP contribution in [0.3, 0.4) is 0 Å². The number of thiocarbonyl (C=S) groups is 1. The Labute approximate surface area is 184 Å². The fourth-order valence-corrected chi connectivity index (χ4v) is 4.10. The maximum atomic E-state index is 12.6. The molecule has 156 valence electrons. The largest absolute Gasteiger partial charge is 0.490 e. The van der Waals surface area contributed by atoms with Crippen molar-refractivity contribution in [1.82, 2.24) is 4.90 Å². The van der Waals surface area contributed by atoms with Crippen LogP contribution in [0, 0.1) is 0 Å². The maximum absolute atomic E-state index is 12.6. The second kappa shape index (κ2) is 10.3. The van der Waals surface area contributed by atoms with Gasteiger partial charge in [-0.3, -0.25) is 14.5 Å². The van der Waals surface area contributed by atoms with E-state index in [1.807, 2.05) is 55.5 Å². The van der Waals surface area contributed by atoms with Gasteiger partial charge in [-0.15, -0.1) is 0 Å². The lowest BCUT2D eigenvalue weighted by Crippen LogP contribution is -2.30. The molecular weight excluding hydrogens is 422 g/mol. The molecule has 30 heavy (non-hydrogen) atoms. The van der Waals surface area contributed by atoms with Gasteiger partial charge in [0.15, 0.2) is 11.5 Å². The van der Waals surface area contributed by atoms with E-state index in [1.54, 1.807) is 6.08 Å². The molecule has 0 saturated carbocycles. The number of thioether (sulfide) groups is 1. The van der Waals surface area contributed by atoms with Crippen LogP contribution in [-0.4, -0.2) is 39.4 Å². The van der Waals surface area contributed by atoms with Gasteiger partial charge in [-0.05, 0) is 36.3 Å². The first-order valence-electron chi connectivity index (χ1n) is 9.38. The monoisotopic (exact) mass is 443 g/mol. The molecule has 6 nitrogen and oxygen atoms in total. The van der Waals surface area contributed by atoms with E-state index in [1.165, 1.54) is 4.90 Å². The molecule has 2 aromatic carbocycles. The van der Waals surface area contributed by atoms with Gasteiger partial charge in [-0.1, -0.05) is 60.4 Å². The van der Waals surface area contributed by atoms with Gasteiger partial charge in [-0.25, -0.2) is 0 Å². The van der Waals surface area contributed by atoms with Gasteiger partial charge in [0.2, 0.25) is 0 Å². The number of carboxylic acids is 1. The van der Waals surface area contributed by atoms with Crippen molar-refractivity contribution in [1.29, 1.82) is 0 Å². The summed E-state index contributed by atoms with van der Waals surface area (Å²) in [5, 5.41) is 8.84. The van der Waals surface area contributed by atoms with Gasteiger partial charge in [-0.2, -0.15) is 0 Å². The highest BCUT2D eigenvalue weighted by atomic mass is 32.2. The molecule has 1 heterocycles. The summed E-state index contributed by atoms with van der Waals surface area (Å²) < 4.78 is 12.0. The van der Waals surface area contributed by atoms with E-state index < -0.39 is 5.97 Å². The van der Waals surface area contributed by atoms with Crippen LogP contribution in [0.2, 0.25) is 0 Å². The van der Waals surface area contributed by atoms with E-state index in [0.717, 1.165) is 22.9 Å². The number of ether oxygens (including phenoxy) is 2. The Kier molecular flexibility index (Phi) is 7.48. The van der Waals surface area contributed by atoms with Crippen molar-refractivity contribution in [2.75, 3.05) is 13.2 Å². The van der Waals surface area contributed by atoms with E-state index >= 15 is 0 Å². The summed E-state index contributed by atoms with van der Waals surface area (Å²) in [5.41, 5.74) is 1.82. The Hall–Kier alpha value is -2.84. The molecule has 0 aliphatic carbocycles. The molecule has 0 radical (unpaired) electrons. The number of benzene rings is 2. The van der Waals surface area contributed by atoms with Crippen molar-refractivity contribution in [2.24, 2.45) is 0 Å². The molecule has 1 fully saturated rings. The minimum absolute atomic E-state index is 0.0633. The fourth-order valence-electron chi connectivity index (χ4n) is 2.79. The van der Waals surface area contributed by atoms with Crippen LogP contribution in [0.15, 0.2) is 53.4 Å². The maximum Gasteiger partial charge on any atom is 0.305 e. The van der Waals surface area contributed by atoms with Gasteiger partial charge in [0.1, 0.15) is 10.9 Å². The Bertz CT molecular complexity index is 975. The summed E-state index contributed by atoms with van der Waals surface area (Å²) >= 11 is 6.38. The Morgan fingerprint density at radius 3 is 2.63 bits per heavy atom. The van der Waals surface area contributed by atoms with Crippen molar-refractivity contribution in [3.8, 4) is 11.5 Å². The summed E-state index contributed by atoms with van der Waals surface area (Å²) in [6.07, 6.45) is 1.57. The Morgan fingerprint density at radius 2 is 1.93 bits per heavy atom. The van der Waals surface area contributed by atoms with E-state index in [2.05, 4.69) is 0 Å². The molecule has 1 aliphatic heterocycles. The topological polar surface area (TPSA) is 76.1 Å². The van der Waals surface area contributed by atoms with Gasteiger partial charge < -0.3 is 14.6 Å². The fraction of sp³-hybridized carbons (Fsp3) is 0.227. The zero-order valence-corrected chi connectivity index (χ0v) is 18.0. The average molecular weight is 444 g/mol. The summed E-state index contributed by atoms with van der Waals surface area (Å²) in [7, 11) is 0. The highest BCUT2D eigenvalue weighted by Crippen LogP contribution is 2.35. The number of carbonyl (C=O) groups excluding carboxylic acids is 1. The lowest BCUT2D eigenvalue weighted by molar-refractivity contribution is -0.137. The average Bonchev–Trinajstić information content (AvgIpc) is 2.99. The second-order valence-corrected chi connectivity index (χ2v) is 8.07. The predicted octanol–water partition coefficient (Wildman–Crippen LogP) is 4.34. The van der Waals surface area contributed by atoms with Crippen molar-refractivity contribution in [2.45, 2.75) is 20.0 Å². The van der Waals surface area contributed by atoms with E-state index in [0.29, 0.717) is 33.9 Å². The number of rotatable bonds is 9. The molecule has 0 aromatic heterocycles. The van der Waals surface area contributed by atoms with Crippen LogP contribution in [0.25, 0.3) is 6.08 Å². The predicted molar refractivity (Wildman–Crippen MR) is 121 cm³/mol. The normalized spacial score (nSPS) is 15.0. The Morgan fingerprint density at radius 1 is 1.17 bits per heavy atom. The lowest BCUT2D eigenvalue weighted by Gasteiger charge is -2.13. The van der Waals surface area contributed by atoms with Crippen LogP contribution in [0.4, 0.5) is 0 Å². The zero-order valence-electron chi connectivity index (χ0n) is 16.4. The number of aliphatic carboxylic acids is 1. The quantitative estimate of drug-likeness (QED) is 0.456. The van der Waals surface area contributed by atoms with Crippen LogP contribution in [0.5, 0.6) is 11.5 Å². The lowest BCUT2D eigenvalue weighted by atomic mass is 10.1. The van der Waals surface area contributed by atoms with Gasteiger partial charge >= 0.3 is 5.97 Å². The van der Waals surface area contributed by atoms with Gasteiger partial charge in [0, 0.05) is 6.54 Å². The third kappa shape index (κ3) is 5.61. The first-order valence-corrected chi connectivity index (χ1v) is 10.6. The molecule has 0 unspecified atom stereocenters. The molecule has 1 aliphatic rings. The molecule has 2 aromatic rings. The highest BCUT2D eigenvalue weighted by Gasteiger charge is 2.32. The molecule has 1 N–H and O–H groups in total. The van der Waals surface area contributed by atoms with Crippen LogP contribution in [0.1, 0.15) is 24.5 Å². The van der Waals surface area contributed by atoms with Crippen molar-refractivity contribution >= 4 is 46.3 Å². The Balaban J connectivity index is 1.76. The summed E-state index contributed by atoms with van der Waals surface area (Å²) in [6, 6.07) is 15.3.